The monoisotopic (exact) mass is 449 g/mol. The molecule has 1 aliphatic rings. The molecule has 1 aliphatic carbocycles. The summed E-state index contributed by atoms with van der Waals surface area (Å²) < 4.78 is 24.6. The molecule has 170 valence electrons. The molecule has 4 rings (SSSR count). The summed E-state index contributed by atoms with van der Waals surface area (Å²) in [5, 5.41) is 13.1. The second kappa shape index (κ2) is 9.20. The van der Waals surface area contributed by atoms with Gasteiger partial charge in [0.1, 0.15) is 5.82 Å². The molecule has 2 aromatic carbocycles. The van der Waals surface area contributed by atoms with E-state index in [0.717, 1.165) is 33.5 Å². The molecule has 0 spiro atoms. The van der Waals surface area contributed by atoms with Crippen LogP contribution in [0.5, 0.6) is 17.2 Å². The fourth-order valence-corrected chi connectivity index (χ4v) is 3.94. The van der Waals surface area contributed by atoms with Gasteiger partial charge in [-0.2, -0.15) is 0 Å². The third-order valence-electron chi connectivity index (χ3n) is 5.63. The van der Waals surface area contributed by atoms with E-state index in [-0.39, 0.29) is 35.4 Å². The predicted octanol–water partition coefficient (Wildman–Crippen LogP) is 4.31. The van der Waals surface area contributed by atoms with Crippen LogP contribution in [0.4, 0.5) is 4.39 Å². The Morgan fingerprint density at radius 3 is 2.55 bits per heavy atom. The van der Waals surface area contributed by atoms with Crippen molar-refractivity contribution < 1.29 is 23.8 Å². The fraction of sp³-hybridized carbons (Fsp3) is 0.200. The molecule has 3 N–H and O–H groups in total. The second-order valence-corrected chi connectivity index (χ2v) is 7.66. The van der Waals surface area contributed by atoms with Crippen LogP contribution in [0.25, 0.3) is 17.2 Å². The van der Waals surface area contributed by atoms with Gasteiger partial charge in [-0.3, -0.25) is 4.79 Å². The highest BCUT2D eigenvalue weighted by molar-refractivity contribution is 6.08. The Bertz CT molecular complexity index is 1240. The molecule has 1 heterocycles. The highest BCUT2D eigenvalue weighted by Crippen LogP contribution is 2.45. The lowest BCUT2D eigenvalue weighted by Gasteiger charge is -2.11. The number of phenolic OH excluding ortho intramolecular Hbond substituents is 1. The maximum absolute atomic E-state index is 14.1. The molecular formula is C25H24FN3O4. The van der Waals surface area contributed by atoms with E-state index >= 15 is 0 Å². The number of imidazole rings is 1. The number of methoxy groups -OCH3 is 2. The number of aromatic amines is 1. The molecule has 7 nitrogen and oxygen atoms in total. The van der Waals surface area contributed by atoms with Crippen molar-refractivity contribution in [2.45, 2.75) is 19.9 Å². The summed E-state index contributed by atoms with van der Waals surface area (Å²) in [5.74, 6) is -0.0791. The summed E-state index contributed by atoms with van der Waals surface area (Å²) in [6, 6.07) is 7.95. The van der Waals surface area contributed by atoms with Gasteiger partial charge in [0.05, 0.1) is 39.2 Å². The van der Waals surface area contributed by atoms with Crippen LogP contribution in [0.3, 0.4) is 0 Å². The Morgan fingerprint density at radius 1 is 1.18 bits per heavy atom. The van der Waals surface area contributed by atoms with Crippen molar-refractivity contribution >= 4 is 23.1 Å². The largest absolute Gasteiger partial charge is 0.502 e. The van der Waals surface area contributed by atoms with Crippen LogP contribution in [0.1, 0.15) is 35.7 Å². The van der Waals surface area contributed by atoms with E-state index in [2.05, 4.69) is 15.3 Å². The number of H-pyrrole nitrogens is 1. The Labute approximate surface area is 190 Å². The molecule has 1 aromatic heterocycles. The number of fused-ring (bicyclic) bond motifs is 1. The Hall–Kier alpha value is -4.07. The number of aromatic nitrogens is 2. The molecular weight excluding hydrogens is 425 g/mol. The van der Waals surface area contributed by atoms with Crippen molar-refractivity contribution in [2.24, 2.45) is 0 Å². The molecule has 0 saturated carbocycles. The van der Waals surface area contributed by atoms with Gasteiger partial charge in [0, 0.05) is 6.20 Å². The lowest BCUT2D eigenvalue weighted by Crippen LogP contribution is -2.22. The molecule has 0 unspecified atom stereocenters. The number of nitrogens with zero attached hydrogens (tertiary/aromatic N) is 1. The lowest BCUT2D eigenvalue weighted by molar-refractivity contribution is -0.120. The number of nitrogens with one attached hydrogen (secondary N) is 2. The van der Waals surface area contributed by atoms with Crippen molar-refractivity contribution in [1.82, 2.24) is 15.3 Å². The Morgan fingerprint density at radius 2 is 1.91 bits per heavy atom. The number of carbonyl (C=O) groups excluding carboxylic acids is 1. The van der Waals surface area contributed by atoms with E-state index in [0.29, 0.717) is 12.1 Å². The fourth-order valence-electron chi connectivity index (χ4n) is 3.94. The van der Waals surface area contributed by atoms with E-state index in [1.807, 2.05) is 13.0 Å². The quantitative estimate of drug-likeness (QED) is 0.500. The number of hydrogen-bond donors (Lipinski definition) is 3. The topological polar surface area (TPSA) is 96.5 Å². The van der Waals surface area contributed by atoms with E-state index in [1.165, 1.54) is 26.4 Å². The third-order valence-corrected chi connectivity index (χ3v) is 5.63. The summed E-state index contributed by atoms with van der Waals surface area (Å²) in [5.41, 5.74) is 5.54. The number of phenols is 1. The van der Waals surface area contributed by atoms with Gasteiger partial charge in [0.25, 0.3) is 0 Å². The average Bonchev–Trinajstić information content (AvgIpc) is 3.41. The zero-order valence-corrected chi connectivity index (χ0v) is 18.5. The van der Waals surface area contributed by atoms with Crippen LogP contribution < -0.4 is 14.8 Å². The normalized spacial score (nSPS) is 13.9. The first-order valence-corrected chi connectivity index (χ1v) is 10.3. The number of carbonyl (C=O) groups is 1. The molecule has 0 bridgehead atoms. The standard InChI is InChI=1S/C25H24FN3O4/c1-14-19(6-15-7-22(32-2)25(31)23(8-15)33-3)18-5-4-16(26)9-21(18)20(14)10-24(30)28-12-17-11-27-13-29-17/h4-9,11,13,31H,10,12H2,1-3H3,(H,27,29)(H,28,30). The first-order chi connectivity index (χ1) is 15.9. The molecule has 0 aliphatic heterocycles. The number of hydrogen-bond acceptors (Lipinski definition) is 5. The number of halogens is 1. The van der Waals surface area contributed by atoms with Gasteiger partial charge in [-0.05, 0) is 70.7 Å². The molecule has 0 fully saturated rings. The SMILES string of the molecule is COc1cc(C=C2C(C)=C(CC(=O)NCc3cnc[nH]3)c3cc(F)ccc32)cc(OC)c1O. The minimum atomic E-state index is -0.369. The third kappa shape index (κ3) is 4.45. The molecule has 3 aromatic rings. The number of allylic oxidation sites excluding steroid dienone is 2. The predicted molar refractivity (Wildman–Crippen MR) is 123 cm³/mol. The van der Waals surface area contributed by atoms with Gasteiger partial charge < -0.3 is 24.9 Å². The molecule has 0 radical (unpaired) electrons. The summed E-state index contributed by atoms with van der Waals surface area (Å²) in [4.78, 5) is 19.5. The number of rotatable bonds is 7. The van der Waals surface area contributed by atoms with Crippen molar-refractivity contribution in [3.05, 3.63) is 76.6 Å². The number of amides is 1. The van der Waals surface area contributed by atoms with E-state index in [1.54, 1.807) is 30.7 Å². The van der Waals surface area contributed by atoms with Gasteiger partial charge in [-0.25, -0.2) is 9.37 Å². The van der Waals surface area contributed by atoms with E-state index in [4.69, 9.17) is 9.47 Å². The zero-order chi connectivity index (χ0) is 23.5. The van der Waals surface area contributed by atoms with Crippen LogP contribution in [0.2, 0.25) is 0 Å². The van der Waals surface area contributed by atoms with Crippen molar-refractivity contribution in [3.8, 4) is 17.2 Å². The van der Waals surface area contributed by atoms with Gasteiger partial charge in [0.2, 0.25) is 11.7 Å². The maximum Gasteiger partial charge on any atom is 0.224 e. The summed E-state index contributed by atoms with van der Waals surface area (Å²) in [6.45, 7) is 2.24. The summed E-state index contributed by atoms with van der Waals surface area (Å²) in [7, 11) is 2.92. The van der Waals surface area contributed by atoms with Gasteiger partial charge >= 0.3 is 0 Å². The molecule has 33 heavy (non-hydrogen) atoms. The van der Waals surface area contributed by atoms with Gasteiger partial charge in [-0.15, -0.1) is 0 Å². The maximum atomic E-state index is 14.1. The first-order valence-electron chi connectivity index (χ1n) is 10.3. The number of ether oxygens (including phenoxy) is 2. The molecule has 0 atom stereocenters. The Kier molecular flexibility index (Phi) is 6.17. The van der Waals surface area contributed by atoms with Crippen LogP contribution in [-0.4, -0.2) is 35.2 Å². The van der Waals surface area contributed by atoms with Crippen molar-refractivity contribution in [1.29, 1.82) is 0 Å². The molecule has 0 saturated heterocycles. The van der Waals surface area contributed by atoms with Gasteiger partial charge in [0.15, 0.2) is 11.5 Å². The summed E-state index contributed by atoms with van der Waals surface area (Å²) in [6.07, 6.45) is 5.21. The smallest absolute Gasteiger partial charge is 0.224 e. The van der Waals surface area contributed by atoms with Crippen molar-refractivity contribution in [2.75, 3.05) is 14.2 Å². The van der Waals surface area contributed by atoms with Crippen LogP contribution in [0.15, 0.2) is 48.4 Å². The zero-order valence-electron chi connectivity index (χ0n) is 18.5. The van der Waals surface area contributed by atoms with E-state index in [9.17, 15) is 14.3 Å². The summed E-state index contributed by atoms with van der Waals surface area (Å²) >= 11 is 0. The lowest BCUT2D eigenvalue weighted by atomic mass is 10.00. The highest BCUT2D eigenvalue weighted by atomic mass is 19.1. The van der Waals surface area contributed by atoms with Crippen LogP contribution >= 0.6 is 0 Å². The van der Waals surface area contributed by atoms with Crippen LogP contribution in [0, 0.1) is 5.82 Å². The number of benzene rings is 2. The Balaban J connectivity index is 1.70. The number of aromatic hydroxyl groups is 1. The van der Waals surface area contributed by atoms with Crippen LogP contribution in [-0.2, 0) is 11.3 Å². The molecule has 1 amide bonds. The first kappa shape index (κ1) is 22.1. The second-order valence-electron chi connectivity index (χ2n) is 7.66. The minimum absolute atomic E-state index is 0.0852. The van der Waals surface area contributed by atoms with E-state index < -0.39 is 0 Å². The minimum Gasteiger partial charge on any atom is -0.502 e. The van der Waals surface area contributed by atoms with Gasteiger partial charge in [-0.1, -0.05) is 6.07 Å². The van der Waals surface area contributed by atoms with Crippen molar-refractivity contribution in [3.63, 3.8) is 0 Å². The highest BCUT2D eigenvalue weighted by Gasteiger charge is 2.26. The molecule has 8 heteroatoms. The average molecular weight is 449 g/mol.